The van der Waals surface area contributed by atoms with E-state index in [1.165, 1.54) is 62.7 Å². The number of likely N-dealkylation sites (tertiary alicyclic amines) is 1. The van der Waals surface area contributed by atoms with Gasteiger partial charge in [-0.05, 0) is 68.2 Å². The van der Waals surface area contributed by atoms with Crippen molar-refractivity contribution < 1.29 is 4.79 Å². The lowest BCUT2D eigenvalue weighted by atomic mass is 9.95. The van der Waals surface area contributed by atoms with Crippen molar-refractivity contribution in [1.82, 2.24) is 20.4 Å². The summed E-state index contributed by atoms with van der Waals surface area (Å²) in [5.41, 5.74) is 2.58. The van der Waals surface area contributed by atoms with Crippen LogP contribution in [-0.2, 0) is 17.9 Å². The summed E-state index contributed by atoms with van der Waals surface area (Å²) in [5, 5.41) is 6.89. The fraction of sp³-hybridized carbons (Fsp3) is 0.667. The Morgan fingerprint density at radius 1 is 1.10 bits per heavy atom. The first-order valence-corrected chi connectivity index (χ1v) is 11.6. The average Bonchev–Trinajstić information content (AvgIpc) is 3.49. The van der Waals surface area contributed by atoms with Gasteiger partial charge in [0, 0.05) is 26.7 Å². The van der Waals surface area contributed by atoms with E-state index >= 15 is 0 Å². The molecule has 0 aromatic heterocycles. The van der Waals surface area contributed by atoms with Gasteiger partial charge in [0.1, 0.15) is 0 Å². The van der Waals surface area contributed by atoms with E-state index in [1.807, 2.05) is 0 Å². The van der Waals surface area contributed by atoms with E-state index in [0.29, 0.717) is 12.6 Å². The summed E-state index contributed by atoms with van der Waals surface area (Å²) >= 11 is 0. The van der Waals surface area contributed by atoms with Crippen LogP contribution in [0.5, 0.6) is 0 Å². The Hall–Kier alpha value is -1.35. The van der Waals surface area contributed by atoms with Gasteiger partial charge in [-0.25, -0.2) is 4.99 Å². The molecule has 1 saturated heterocycles. The largest absolute Gasteiger partial charge is 0.353 e. The molecule has 2 saturated carbocycles. The number of guanidine groups is 1. The number of carbonyl (C=O) groups is 1. The van der Waals surface area contributed by atoms with Crippen LogP contribution < -0.4 is 10.6 Å². The van der Waals surface area contributed by atoms with Gasteiger partial charge in [-0.1, -0.05) is 30.7 Å². The smallest absolute Gasteiger partial charge is 0.241 e. The second kappa shape index (κ2) is 11.5. The first kappa shape index (κ1) is 24.3. The molecule has 31 heavy (non-hydrogen) atoms. The fourth-order valence-corrected chi connectivity index (χ4v) is 5.19. The quantitative estimate of drug-likeness (QED) is 0.318. The number of carbonyl (C=O) groups excluding carboxylic acids is 1. The minimum atomic E-state index is 0. The zero-order valence-electron chi connectivity index (χ0n) is 19.0. The molecular formula is C24H38IN5O. The van der Waals surface area contributed by atoms with Crippen LogP contribution in [0.25, 0.3) is 0 Å². The summed E-state index contributed by atoms with van der Waals surface area (Å²) in [7, 11) is 3.57. The molecule has 3 aliphatic rings. The molecule has 2 bridgehead atoms. The Labute approximate surface area is 204 Å². The zero-order chi connectivity index (χ0) is 20.9. The van der Waals surface area contributed by atoms with Gasteiger partial charge in [0.15, 0.2) is 5.96 Å². The van der Waals surface area contributed by atoms with Crippen molar-refractivity contribution in [3.8, 4) is 0 Å². The highest BCUT2D eigenvalue weighted by Crippen LogP contribution is 2.44. The van der Waals surface area contributed by atoms with Crippen molar-refractivity contribution in [3.63, 3.8) is 0 Å². The SMILES string of the molecule is CN(C)C(=O)CNC(=NCc1ccc(CN2CCCC2)cc1)NC1CC2CCC1C2.I. The van der Waals surface area contributed by atoms with Gasteiger partial charge in [-0.2, -0.15) is 0 Å². The molecule has 2 N–H and O–H groups in total. The number of rotatable bonds is 7. The number of amides is 1. The first-order valence-electron chi connectivity index (χ1n) is 11.6. The minimum absolute atomic E-state index is 0. The highest BCUT2D eigenvalue weighted by atomic mass is 127. The molecule has 0 radical (unpaired) electrons. The van der Waals surface area contributed by atoms with E-state index in [4.69, 9.17) is 4.99 Å². The highest BCUT2D eigenvalue weighted by Gasteiger charge is 2.39. The number of aliphatic imine (C=N–C) groups is 1. The van der Waals surface area contributed by atoms with Crippen molar-refractivity contribution in [1.29, 1.82) is 0 Å². The van der Waals surface area contributed by atoms with Gasteiger partial charge in [0.05, 0.1) is 13.1 Å². The molecule has 3 fully saturated rings. The molecule has 4 rings (SSSR count). The number of hydrogen-bond acceptors (Lipinski definition) is 3. The van der Waals surface area contributed by atoms with Gasteiger partial charge in [-0.15, -0.1) is 24.0 Å². The molecule has 3 atom stereocenters. The van der Waals surface area contributed by atoms with E-state index in [-0.39, 0.29) is 36.4 Å². The van der Waals surface area contributed by atoms with Gasteiger partial charge >= 0.3 is 0 Å². The average molecular weight is 540 g/mol. The first-order chi connectivity index (χ1) is 14.6. The Bertz CT molecular complexity index is 745. The third-order valence-electron chi connectivity index (χ3n) is 7.01. The monoisotopic (exact) mass is 539 g/mol. The summed E-state index contributed by atoms with van der Waals surface area (Å²) in [4.78, 5) is 21.0. The summed E-state index contributed by atoms with van der Waals surface area (Å²) in [6, 6.07) is 9.33. The van der Waals surface area contributed by atoms with Crippen molar-refractivity contribution in [2.24, 2.45) is 16.8 Å². The molecule has 1 aromatic carbocycles. The normalized spacial score (nSPS) is 25.4. The molecular weight excluding hydrogens is 501 g/mol. The van der Waals surface area contributed by atoms with E-state index in [0.717, 1.165) is 24.3 Å². The number of likely N-dealkylation sites (N-methyl/N-ethyl adjacent to an activating group) is 1. The lowest BCUT2D eigenvalue weighted by Crippen LogP contribution is -2.48. The molecule has 2 aliphatic carbocycles. The van der Waals surface area contributed by atoms with Gasteiger partial charge in [0.2, 0.25) is 5.91 Å². The maximum Gasteiger partial charge on any atom is 0.241 e. The van der Waals surface area contributed by atoms with Crippen LogP contribution in [0, 0.1) is 11.8 Å². The molecule has 172 valence electrons. The van der Waals surface area contributed by atoms with Crippen molar-refractivity contribution in [2.45, 2.75) is 57.7 Å². The molecule has 1 amide bonds. The molecule has 6 nitrogen and oxygen atoms in total. The molecule has 1 aromatic rings. The van der Waals surface area contributed by atoms with Crippen molar-refractivity contribution in [2.75, 3.05) is 33.7 Å². The van der Waals surface area contributed by atoms with E-state index in [9.17, 15) is 4.79 Å². The van der Waals surface area contributed by atoms with E-state index < -0.39 is 0 Å². The molecule has 1 heterocycles. The van der Waals surface area contributed by atoms with Gasteiger partial charge in [0.25, 0.3) is 0 Å². The van der Waals surface area contributed by atoms with Gasteiger partial charge < -0.3 is 15.5 Å². The summed E-state index contributed by atoms with van der Waals surface area (Å²) < 4.78 is 0. The molecule has 7 heteroatoms. The Morgan fingerprint density at radius 3 is 2.42 bits per heavy atom. The summed E-state index contributed by atoms with van der Waals surface area (Å²) in [5.74, 6) is 2.46. The topological polar surface area (TPSA) is 60.0 Å². The highest BCUT2D eigenvalue weighted by molar-refractivity contribution is 14.0. The molecule has 0 spiro atoms. The lowest BCUT2D eigenvalue weighted by Gasteiger charge is -2.25. The maximum absolute atomic E-state index is 12.0. The van der Waals surface area contributed by atoms with Crippen LogP contribution in [0.1, 0.15) is 49.7 Å². The van der Waals surface area contributed by atoms with E-state index in [2.05, 4.69) is 39.8 Å². The minimum Gasteiger partial charge on any atom is -0.353 e. The Morgan fingerprint density at radius 2 is 1.81 bits per heavy atom. The number of halogens is 1. The standard InChI is InChI=1S/C24H37N5O.HI/c1-28(2)23(30)16-26-24(27-22-14-20-9-10-21(22)13-20)25-15-18-5-7-19(8-6-18)17-29-11-3-4-12-29;/h5-8,20-22H,3-4,9-17H2,1-2H3,(H2,25,26,27);1H. The number of benzene rings is 1. The maximum atomic E-state index is 12.0. The fourth-order valence-electron chi connectivity index (χ4n) is 5.19. The number of nitrogens with zero attached hydrogens (tertiary/aromatic N) is 3. The third kappa shape index (κ3) is 6.81. The summed E-state index contributed by atoms with van der Waals surface area (Å²) in [6.45, 7) is 4.39. The Balaban J connectivity index is 0.00000272. The predicted octanol–water partition coefficient (Wildman–Crippen LogP) is 3.21. The van der Waals surface area contributed by atoms with Crippen LogP contribution in [0.2, 0.25) is 0 Å². The summed E-state index contributed by atoms with van der Waals surface area (Å²) in [6.07, 6.45) is 7.94. The van der Waals surface area contributed by atoms with Crippen LogP contribution in [-0.4, -0.2) is 61.4 Å². The van der Waals surface area contributed by atoms with Crippen molar-refractivity contribution in [3.05, 3.63) is 35.4 Å². The number of fused-ring (bicyclic) bond motifs is 2. The van der Waals surface area contributed by atoms with Crippen molar-refractivity contribution >= 4 is 35.8 Å². The van der Waals surface area contributed by atoms with Crippen LogP contribution in [0.15, 0.2) is 29.3 Å². The second-order valence-electron chi connectivity index (χ2n) is 9.53. The molecule has 1 aliphatic heterocycles. The van der Waals surface area contributed by atoms with Crippen LogP contribution in [0.4, 0.5) is 0 Å². The van der Waals surface area contributed by atoms with Gasteiger partial charge in [-0.3, -0.25) is 9.69 Å². The number of nitrogens with one attached hydrogen (secondary N) is 2. The molecule has 3 unspecified atom stereocenters. The second-order valence-corrected chi connectivity index (χ2v) is 9.53. The zero-order valence-corrected chi connectivity index (χ0v) is 21.3. The number of hydrogen-bond donors (Lipinski definition) is 2. The lowest BCUT2D eigenvalue weighted by molar-refractivity contribution is -0.127. The van der Waals surface area contributed by atoms with Crippen LogP contribution in [0.3, 0.4) is 0 Å². The van der Waals surface area contributed by atoms with Crippen LogP contribution >= 0.6 is 24.0 Å². The Kier molecular flexibility index (Phi) is 9.01. The van der Waals surface area contributed by atoms with E-state index in [1.54, 1.807) is 19.0 Å². The third-order valence-corrected chi connectivity index (χ3v) is 7.01. The predicted molar refractivity (Wildman–Crippen MR) is 137 cm³/mol.